The van der Waals surface area contributed by atoms with E-state index < -0.39 is 0 Å². The molecule has 0 spiro atoms. The van der Waals surface area contributed by atoms with Crippen molar-refractivity contribution in [2.75, 3.05) is 5.75 Å². The van der Waals surface area contributed by atoms with Crippen LogP contribution in [-0.2, 0) is 4.79 Å². The van der Waals surface area contributed by atoms with Crippen molar-refractivity contribution in [1.29, 1.82) is 0 Å². The number of carbonyl (C=O) groups excluding carboxylic acids is 1. The molecule has 0 radical (unpaired) electrons. The molecule has 6 nitrogen and oxygen atoms in total. The number of hydrogen-bond donors (Lipinski definition) is 0. The van der Waals surface area contributed by atoms with E-state index in [1.165, 1.54) is 31.0 Å². The zero-order chi connectivity index (χ0) is 21.0. The highest BCUT2D eigenvalue weighted by Gasteiger charge is 2.29. The highest BCUT2D eigenvalue weighted by Crippen LogP contribution is 2.38. The van der Waals surface area contributed by atoms with E-state index in [4.69, 9.17) is 0 Å². The van der Waals surface area contributed by atoms with E-state index in [0.717, 1.165) is 23.0 Å². The molecule has 2 aromatic rings. The summed E-state index contributed by atoms with van der Waals surface area (Å²) in [6.45, 7) is 10.6. The molecule has 2 heterocycles. The number of thioether (sulfide) groups is 1. The molecule has 1 amide bonds. The molecule has 29 heavy (non-hydrogen) atoms. The SMILES string of the molecule is CC(C)N(C(=O)CSc1nnc(-c2cccnc2)n1[C@H]1CCCC[C@H]1C)C(C)C. The van der Waals surface area contributed by atoms with E-state index in [9.17, 15) is 4.79 Å². The van der Waals surface area contributed by atoms with E-state index in [1.54, 1.807) is 6.20 Å². The van der Waals surface area contributed by atoms with Crippen LogP contribution in [0.4, 0.5) is 0 Å². The van der Waals surface area contributed by atoms with Gasteiger partial charge in [0.2, 0.25) is 5.91 Å². The molecule has 0 N–H and O–H groups in total. The average Bonchev–Trinajstić information content (AvgIpc) is 3.10. The molecule has 2 atom stereocenters. The summed E-state index contributed by atoms with van der Waals surface area (Å²) in [5, 5.41) is 9.85. The van der Waals surface area contributed by atoms with Gasteiger partial charge >= 0.3 is 0 Å². The Balaban J connectivity index is 1.88. The molecular weight excluding hydrogens is 382 g/mol. The van der Waals surface area contributed by atoms with Crippen LogP contribution in [0.5, 0.6) is 0 Å². The molecule has 2 aromatic heterocycles. The molecular formula is C22H33N5OS. The minimum absolute atomic E-state index is 0.147. The van der Waals surface area contributed by atoms with Gasteiger partial charge in [-0.2, -0.15) is 0 Å². The van der Waals surface area contributed by atoms with E-state index in [1.807, 2.05) is 23.2 Å². The molecule has 158 valence electrons. The smallest absolute Gasteiger partial charge is 0.233 e. The van der Waals surface area contributed by atoms with Crippen molar-refractivity contribution in [3.05, 3.63) is 24.5 Å². The fraction of sp³-hybridized carbons (Fsp3) is 0.636. The van der Waals surface area contributed by atoms with Crippen molar-refractivity contribution in [2.24, 2.45) is 5.92 Å². The fourth-order valence-corrected chi connectivity index (χ4v) is 5.28. The maximum absolute atomic E-state index is 12.9. The number of hydrogen-bond acceptors (Lipinski definition) is 5. The first-order valence-electron chi connectivity index (χ1n) is 10.7. The molecule has 7 heteroatoms. The van der Waals surface area contributed by atoms with Crippen molar-refractivity contribution in [1.82, 2.24) is 24.6 Å². The summed E-state index contributed by atoms with van der Waals surface area (Å²) in [5.41, 5.74) is 0.974. The average molecular weight is 416 g/mol. The topological polar surface area (TPSA) is 63.9 Å². The van der Waals surface area contributed by atoms with Crippen molar-refractivity contribution < 1.29 is 4.79 Å². The van der Waals surface area contributed by atoms with Crippen LogP contribution in [-0.4, -0.2) is 48.4 Å². The van der Waals surface area contributed by atoms with Gasteiger partial charge in [0.1, 0.15) is 0 Å². The first-order valence-corrected chi connectivity index (χ1v) is 11.7. The van der Waals surface area contributed by atoms with Gasteiger partial charge < -0.3 is 4.90 Å². The fourth-order valence-electron chi connectivity index (χ4n) is 4.42. The van der Waals surface area contributed by atoms with Gasteiger partial charge in [-0.25, -0.2) is 0 Å². The van der Waals surface area contributed by atoms with Crippen LogP contribution in [0.1, 0.15) is 66.3 Å². The van der Waals surface area contributed by atoms with E-state index in [0.29, 0.717) is 17.7 Å². The molecule has 3 rings (SSSR count). The lowest BCUT2D eigenvalue weighted by Gasteiger charge is -2.32. The van der Waals surface area contributed by atoms with Crippen molar-refractivity contribution >= 4 is 17.7 Å². The maximum atomic E-state index is 12.9. The first kappa shape index (κ1) is 21.8. The lowest BCUT2D eigenvalue weighted by molar-refractivity contribution is -0.131. The third kappa shape index (κ3) is 5.00. The molecule has 0 saturated heterocycles. The van der Waals surface area contributed by atoms with Gasteiger partial charge in [-0.1, -0.05) is 31.5 Å². The second-order valence-corrected chi connectivity index (χ2v) is 9.47. The minimum atomic E-state index is 0.147. The highest BCUT2D eigenvalue weighted by atomic mass is 32.2. The van der Waals surface area contributed by atoms with Gasteiger partial charge in [0, 0.05) is 36.1 Å². The third-order valence-electron chi connectivity index (χ3n) is 5.71. The molecule has 0 bridgehead atoms. The Bertz CT molecular complexity index is 797. The molecule has 1 aliphatic carbocycles. The van der Waals surface area contributed by atoms with Gasteiger partial charge in [0.25, 0.3) is 0 Å². The Morgan fingerprint density at radius 2 is 1.93 bits per heavy atom. The second-order valence-electron chi connectivity index (χ2n) is 8.52. The summed E-state index contributed by atoms with van der Waals surface area (Å²) in [7, 11) is 0. The zero-order valence-electron chi connectivity index (χ0n) is 18.2. The first-order chi connectivity index (χ1) is 13.9. The predicted molar refractivity (Wildman–Crippen MR) is 118 cm³/mol. The zero-order valence-corrected chi connectivity index (χ0v) is 19.0. The van der Waals surface area contributed by atoms with Crippen molar-refractivity contribution in [3.8, 4) is 11.4 Å². The Hall–Kier alpha value is -1.89. The van der Waals surface area contributed by atoms with Crippen LogP contribution < -0.4 is 0 Å². The van der Waals surface area contributed by atoms with Crippen molar-refractivity contribution in [2.45, 2.75) is 83.6 Å². The number of pyridine rings is 1. The Kier molecular flexibility index (Phi) is 7.33. The van der Waals surface area contributed by atoms with Crippen LogP contribution in [0.2, 0.25) is 0 Å². The summed E-state index contributed by atoms with van der Waals surface area (Å²) in [6, 6.07) is 4.69. The van der Waals surface area contributed by atoms with Crippen LogP contribution in [0.3, 0.4) is 0 Å². The van der Waals surface area contributed by atoms with E-state index >= 15 is 0 Å². The highest BCUT2D eigenvalue weighted by molar-refractivity contribution is 7.99. The van der Waals surface area contributed by atoms with Gasteiger partial charge in [-0.3, -0.25) is 14.3 Å². The summed E-state index contributed by atoms with van der Waals surface area (Å²) >= 11 is 1.51. The maximum Gasteiger partial charge on any atom is 0.233 e. The van der Waals surface area contributed by atoms with Crippen LogP contribution in [0.25, 0.3) is 11.4 Å². The number of rotatable bonds is 7. The second kappa shape index (κ2) is 9.74. The lowest BCUT2D eigenvalue weighted by Crippen LogP contribution is -2.43. The largest absolute Gasteiger partial charge is 0.337 e. The third-order valence-corrected chi connectivity index (χ3v) is 6.64. The number of amides is 1. The lowest BCUT2D eigenvalue weighted by atomic mass is 9.85. The summed E-state index contributed by atoms with van der Waals surface area (Å²) in [4.78, 5) is 19.1. The van der Waals surface area contributed by atoms with Crippen molar-refractivity contribution in [3.63, 3.8) is 0 Å². The molecule has 1 saturated carbocycles. The molecule has 0 aliphatic heterocycles. The van der Waals surface area contributed by atoms with Crippen LogP contribution >= 0.6 is 11.8 Å². The van der Waals surface area contributed by atoms with Crippen LogP contribution in [0.15, 0.2) is 29.7 Å². The predicted octanol–water partition coefficient (Wildman–Crippen LogP) is 4.83. The molecule has 0 unspecified atom stereocenters. The van der Waals surface area contributed by atoms with E-state index in [-0.39, 0.29) is 18.0 Å². The number of nitrogens with zero attached hydrogens (tertiary/aromatic N) is 5. The van der Waals surface area contributed by atoms with Crippen LogP contribution in [0, 0.1) is 5.92 Å². The Labute approximate surface area is 178 Å². The van der Waals surface area contributed by atoms with Gasteiger partial charge in [0.15, 0.2) is 11.0 Å². The summed E-state index contributed by atoms with van der Waals surface area (Å²) in [6.07, 6.45) is 8.45. The number of aromatic nitrogens is 4. The van der Waals surface area contributed by atoms with E-state index in [2.05, 4.69) is 54.4 Å². The summed E-state index contributed by atoms with van der Waals surface area (Å²) < 4.78 is 2.27. The quantitative estimate of drug-likeness (QED) is 0.606. The Morgan fingerprint density at radius 3 is 2.55 bits per heavy atom. The molecule has 1 aliphatic rings. The Morgan fingerprint density at radius 1 is 1.21 bits per heavy atom. The number of carbonyl (C=O) groups is 1. The molecule has 0 aromatic carbocycles. The van der Waals surface area contributed by atoms with Gasteiger partial charge in [0.05, 0.1) is 5.75 Å². The molecule has 1 fully saturated rings. The normalized spacial score (nSPS) is 19.7. The monoisotopic (exact) mass is 415 g/mol. The van der Waals surface area contributed by atoms with Gasteiger partial charge in [-0.05, 0) is 58.6 Å². The standard InChI is InChI=1S/C22H33N5OS/c1-15(2)26(16(3)4)20(28)14-29-22-25-24-21(18-10-8-12-23-13-18)27(22)19-11-7-6-9-17(19)5/h8,10,12-13,15-17,19H,6-7,9,11,14H2,1-5H3/t17-,19+/m1/s1. The van der Waals surface area contributed by atoms with Gasteiger partial charge in [-0.15, -0.1) is 10.2 Å². The summed E-state index contributed by atoms with van der Waals surface area (Å²) in [5.74, 6) is 1.95. The minimum Gasteiger partial charge on any atom is -0.337 e.